The zero-order valence-electron chi connectivity index (χ0n) is 13.9. The zero-order valence-corrected chi connectivity index (χ0v) is 17.0. The van der Waals surface area contributed by atoms with Crippen LogP contribution in [0.3, 0.4) is 0 Å². The van der Waals surface area contributed by atoms with Crippen LogP contribution in [-0.4, -0.2) is 31.3 Å². The van der Waals surface area contributed by atoms with Crippen molar-refractivity contribution >= 4 is 47.0 Å². The Bertz CT molecular complexity index is 723. The first kappa shape index (κ1) is 19.7. The summed E-state index contributed by atoms with van der Waals surface area (Å²) in [7, 11) is 1.65. The second kappa shape index (κ2) is 9.78. The number of hydrogen-bond donors (Lipinski definition) is 2. The van der Waals surface area contributed by atoms with Gasteiger partial charge in [-0.3, -0.25) is 0 Å². The van der Waals surface area contributed by atoms with Crippen molar-refractivity contribution in [1.29, 1.82) is 0 Å². The van der Waals surface area contributed by atoms with E-state index in [1.807, 2.05) is 23.6 Å². The number of anilines is 1. The van der Waals surface area contributed by atoms with Crippen molar-refractivity contribution in [3.05, 3.63) is 34.3 Å². The van der Waals surface area contributed by atoms with Gasteiger partial charge in [0.15, 0.2) is 17.5 Å². The highest BCUT2D eigenvalue weighted by molar-refractivity contribution is 14.0. The van der Waals surface area contributed by atoms with Crippen molar-refractivity contribution in [3.63, 3.8) is 0 Å². The third-order valence-electron chi connectivity index (χ3n) is 3.30. The van der Waals surface area contributed by atoms with E-state index in [0.717, 1.165) is 28.6 Å². The van der Waals surface area contributed by atoms with Crippen LogP contribution in [0.4, 0.5) is 5.69 Å². The molecule has 1 aromatic carbocycles. The highest BCUT2D eigenvalue weighted by Crippen LogP contribution is 2.32. The van der Waals surface area contributed by atoms with Crippen molar-refractivity contribution in [2.45, 2.75) is 19.6 Å². The Morgan fingerprint density at radius 2 is 2.16 bits per heavy atom. The Balaban J connectivity index is 0.00000225. The minimum Gasteiger partial charge on any atom is -0.490 e. The molecule has 2 aromatic rings. The van der Waals surface area contributed by atoms with E-state index in [1.165, 1.54) is 0 Å². The van der Waals surface area contributed by atoms with Gasteiger partial charge in [0, 0.05) is 30.7 Å². The fourth-order valence-corrected chi connectivity index (χ4v) is 2.96. The highest BCUT2D eigenvalue weighted by Gasteiger charge is 2.11. The van der Waals surface area contributed by atoms with Gasteiger partial charge in [0.2, 0.25) is 0 Å². The number of aromatic nitrogens is 1. The van der Waals surface area contributed by atoms with E-state index in [0.29, 0.717) is 38.1 Å². The van der Waals surface area contributed by atoms with E-state index in [9.17, 15) is 0 Å². The fraction of sp³-hybridized carbons (Fsp3) is 0.375. The molecule has 7 nitrogen and oxygen atoms in total. The summed E-state index contributed by atoms with van der Waals surface area (Å²) in [6, 6.07) is 5.62. The Kier molecular flexibility index (Phi) is 7.72. The average molecular weight is 476 g/mol. The number of ether oxygens (including phenoxy) is 3. The molecule has 0 bridgehead atoms. The summed E-state index contributed by atoms with van der Waals surface area (Å²) in [4.78, 5) is 8.72. The first-order chi connectivity index (χ1) is 11.7. The van der Waals surface area contributed by atoms with Crippen LogP contribution in [0.25, 0.3) is 0 Å². The maximum atomic E-state index is 5.94. The molecule has 0 spiro atoms. The minimum absolute atomic E-state index is 0. The largest absolute Gasteiger partial charge is 0.490 e. The third kappa shape index (κ3) is 5.72. The van der Waals surface area contributed by atoms with Crippen LogP contribution in [0.5, 0.6) is 11.5 Å². The number of benzene rings is 1. The molecule has 0 radical (unpaired) electrons. The van der Waals surface area contributed by atoms with Gasteiger partial charge in [-0.25, -0.2) is 9.98 Å². The molecule has 1 aliphatic heterocycles. The predicted octanol–water partition coefficient (Wildman–Crippen LogP) is 3.00. The van der Waals surface area contributed by atoms with Crippen molar-refractivity contribution < 1.29 is 14.2 Å². The second-order valence-corrected chi connectivity index (χ2v) is 6.15. The number of rotatable bonds is 5. The van der Waals surface area contributed by atoms with Gasteiger partial charge in [-0.1, -0.05) is 0 Å². The van der Waals surface area contributed by atoms with Gasteiger partial charge in [-0.2, -0.15) is 0 Å². The molecule has 2 heterocycles. The Morgan fingerprint density at radius 3 is 2.96 bits per heavy atom. The summed E-state index contributed by atoms with van der Waals surface area (Å²) in [6.07, 6.45) is 0.875. The summed E-state index contributed by atoms with van der Waals surface area (Å²) in [5.41, 5.74) is 7.62. The normalized spacial score (nSPS) is 13.7. The van der Waals surface area contributed by atoms with Gasteiger partial charge in [-0.15, -0.1) is 35.3 Å². The molecule has 0 atom stereocenters. The van der Waals surface area contributed by atoms with Gasteiger partial charge in [0.1, 0.15) is 5.01 Å². The lowest BCUT2D eigenvalue weighted by Gasteiger charge is -2.10. The smallest absolute Gasteiger partial charge is 0.193 e. The molecule has 0 saturated carbocycles. The monoisotopic (exact) mass is 476 g/mol. The fourth-order valence-electron chi connectivity index (χ4n) is 2.21. The summed E-state index contributed by atoms with van der Waals surface area (Å²) >= 11 is 1.55. The Labute approximate surface area is 167 Å². The number of nitrogens with zero attached hydrogens (tertiary/aromatic N) is 2. The zero-order chi connectivity index (χ0) is 16.8. The molecule has 1 aromatic heterocycles. The molecule has 136 valence electrons. The van der Waals surface area contributed by atoms with Crippen LogP contribution in [0.2, 0.25) is 0 Å². The number of nitrogens with one attached hydrogen (secondary N) is 1. The number of guanidine groups is 1. The maximum Gasteiger partial charge on any atom is 0.193 e. The van der Waals surface area contributed by atoms with E-state index in [-0.39, 0.29) is 24.0 Å². The Morgan fingerprint density at radius 1 is 1.36 bits per heavy atom. The van der Waals surface area contributed by atoms with Gasteiger partial charge in [0.25, 0.3) is 0 Å². The number of hydrogen-bond acceptors (Lipinski definition) is 6. The molecule has 25 heavy (non-hydrogen) atoms. The minimum atomic E-state index is 0. The molecule has 3 rings (SSSR count). The van der Waals surface area contributed by atoms with E-state index in [1.54, 1.807) is 18.4 Å². The predicted molar refractivity (Wildman–Crippen MR) is 109 cm³/mol. The van der Waals surface area contributed by atoms with Crippen LogP contribution < -0.4 is 20.5 Å². The molecule has 0 unspecified atom stereocenters. The lowest BCUT2D eigenvalue weighted by atomic mass is 10.3. The molecule has 9 heteroatoms. The molecule has 0 saturated heterocycles. The van der Waals surface area contributed by atoms with Crippen molar-refractivity contribution in [2.75, 3.05) is 25.6 Å². The molecule has 0 fully saturated rings. The quantitative estimate of drug-likeness (QED) is 0.392. The van der Waals surface area contributed by atoms with Crippen LogP contribution in [-0.2, 0) is 17.9 Å². The molecule has 0 aliphatic carbocycles. The van der Waals surface area contributed by atoms with Crippen LogP contribution in [0, 0.1) is 0 Å². The maximum absolute atomic E-state index is 5.94. The van der Waals surface area contributed by atoms with Crippen molar-refractivity contribution in [1.82, 2.24) is 4.98 Å². The molecular formula is C16H21IN4O3S. The van der Waals surface area contributed by atoms with Gasteiger partial charge < -0.3 is 25.3 Å². The lowest BCUT2D eigenvalue weighted by molar-refractivity contribution is 0.184. The molecule has 1 aliphatic rings. The number of thiazole rings is 1. The second-order valence-electron chi connectivity index (χ2n) is 5.20. The highest BCUT2D eigenvalue weighted by atomic mass is 127. The average Bonchev–Trinajstić information content (AvgIpc) is 2.89. The lowest BCUT2D eigenvalue weighted by Crippen LogP contribution is -2.22. The number of fused-ring (bicyclic) bond motifs is 1. The standard InChI is InChI=1S/C16H20N4O3S.HI/c1-21-9-15-19-12(10-24-15)8-18-16(17)20-11-3-4-13-14(7-11)23-6-2-5-22-13;/h3-4,7,10H,2,5-6,8-9H2,1H3,(H3,17,18,20);1H. The number of aliphatic imine (C=N–C) groups is 1. The Hall–Kier alpha value is -1.59. The first-order valence-electron chi connectivity index (χ1n) is 7.63. The number of methoxy groups -OCH3 is 1. The topological polar surface area (TPSA) is 91.0 Å². The summed E-state index contributed by atoms with van der Waals surface area (Å²) in [6.45, 7) is 2.25. The van der Waals surface area contributed by atoms with Crippen LogP contribution in [0.15, 0.2) is 28.6 Å². The van der Waals surface area contributed by atoms with E-state index >= 15 is 0 Å². The van der Waals surface area contributed by atoms with Crippen LogP contribution >= 0.6 is 35.3 Å². The molecule has 0 amide bonds. The summed E-state index contributed by atoms with van der Waals surface area (Å²) in [5.74, 6) is 1.79. The third-order valence-corrected chi connectivity index (χ3v) is 4.17. The van der Waals surface area contributed by atoms with Crippen LogP contribution in [0.1, 0.15) is 17.1 Å². The van der Waals surface area contributed by atoms with Crippen molar-refractivity contribution in [2.24, 2.45) is 10.7 Å². The molecule has 3 N–H and O–H groups in total. The number of nitrogens with two attached hydrogens (primary N) is 1. The summed E-state index contributed by atoms with van der Waals surface area (Å²) < 4.78 is 16.3. The van der Waals surface area contributed by atoms with E-state index in [4.69, 9.17) is 19.9 Å². The first-order valence-corrected chi connectivity index (χ1v) is 8.51. The summed E-state index contributed by atoms with van der Waals surface area (Å²) in [5, 5.41) is 5.94. The SMILES string of the molecule is COCc1nc(CN=C(N)Nc2ccc3c(c2)OCCCO3)cs1.I. The molecular weight excluding hydrogens is 455 g/mol. The van der Waals surface area contributed by atoms with E-state index in [2.05, 4.69) is 15.3 Å². The number of halogens is 1. The van der Waals surface area contributed by atoms with Gasteiger partial charge in [-0.05, 0) is 12.1 Å². The van der Waals surface area contributed by atoms with Gasteiger partial charge in [0.05, 0.1) is 32.1 Å². The van der Waals surface area contributed by atoms with Gasteiger partial charge >= 0.3 is 0 Å². The van der Waals surface area contributed by atoms with Crippen molar-refractivity contribution in [3.8, 4) is 11.5 Å². The van der Waals surface area contributed by atoms with E-state index < -0.39 is 0 Å².